The van der Waals surface area contributed by atoms with E-state index in [-0.39, 0.29) is 0 Å². The van der Waals surface area contributed by atoms with E-state index in [0.29, 0.717) is 5.92 Å². The van der Waals surface area contributed by atoms with Crippen molar-refractivity contribution in [1.82, 2.24) is 10.3 Å². The SMILES string of the molecule is CCOCCCN=C(NN)N1CCC(COC)C1. The van der Waals surface area contributed by atoms with Crippen molar-refractivity contribution in [3.05, 3.63) is 0 Å². The second-order valence-electron chi connectivity index (χ2n) is 4.46. The van der Waals surface area contributed by atoms with E-state index in [2.05, 4.69) is 15.3 Å². The molecule has 1 heterocycles. The lowest BCUT2D eigenvalue weighted by Gasteiger charge is -2.20. The van der Waals surface area contributed by atoms with Crippen molar-refractivity contribution < 1.29 is 9.47 Å². The Bertz CT molecular complexity index is 248. The van der Waals surface area contributed by atoms with Crippen LogP contribution in [0.2, 0.25) is 0 Å². The maximum absolute atomic E-state index is 5.53. The molecule has 0 saturated carbocycles. The number of rotatable bonds is 7. The molecule has 1 fully saturated rings. The third-order valence-corrected chi connectivity index (χ3v) is 3.03. The fourth-order valence-electron chi connectivity index (χ4n) is 2.13. The van der Waals surface area contributed by atoms with E-state index in [1.807, 2.05) is 6.92 Å². The van der Waals surface area contributed by atoms with Crippen LogP contribution in [-0.4, -0.2) is 57.4 Å². The van der Waals surface area contributed by atoms with E-state index in [9.17, 15) is 0 Å². The molecule has 1 aliphatic rings. The van der Waals surface area contributed by atoms with Crippen molar-refractivity contribution in [2.24, 2.45) is 16.8 Å². The number of nitrogens with zero attached hydrogens (tertiary/aromatic N) is 2. The molecule has 6 heteroatoms. The van der Waals surface area contributed by atoms with Crippen molar-refractivity contribution >= 4 is 5.96 Å². The standard InChI is InChI=1S/C12H26N4O2/c1-3-18-8-4-6-14-12(15-13)16-7-5-11(9-16)10-17-2/h11H,3-10,13H2,1-2H3,(H,14,15). The summed E-state index contributed by atoms with van der Waals surface area (Å²) in [6.07, 6.45) is 2.06. The molecule has 1 atom stereocenters. The number of ether oxygens (including phenoxy) is 2. The van der Waals surface area contributed by atoms with Gasteiger partial charge in [-0.15, -0.1) is 0 Å². The fourth-order valence-corrected chi connectivity index (χ4v) is 2.13. The molecule has 1 unspecified atom stereocenters. The highest BCUT2D eigenvalue weighted by atomic mass is 16.5. The van der Waals surface area contributed by atoms with Crippen LogP contribution >= 0.6 is 0 Å². The van der Waals surface area contributed by atoms with Gasteiger partial charge in [0, 0.05) is 45.9 Å². The summed E-state index contributed by atoms with van der Waals surface area (Å²) in [5.41, 5.74) is 2.69. The van der Waals surface area contributed by atoms with Crippen LogP contribution in [0.5, 0.6) is 0 Å². The molecular formula is C12H26N4O2. The molecule has 0 aromatic rings. The van der Waals surface area contributed by atoms with Gasteiger partial charge in [-0.1, -0.05) is 0 Å². The average Bonchev–Trinajstić information content (AvgIpc) is 2.83. The minimum absolute atomic E-state index is 0.581. The van der Waals surface area contributed by atoms with E-state index >= 15 is 0 Å². The van der Waals surface area contributed by atoms with Gasteiger partial charge in [0.2, 0.25) is 5.96 Å². The van der Waals surface area contributed by atoms with Crippen LogP contribution in [0.25, 0.3) is 0 Å². The molecule has 106 valence electrons. The molecule has 1 rings (SSSR count). The zero-order valence-corrected chi connectivity index (χ0v) is 11.5. The Morgan fingerprint density at radius 1 is 1.56 bits per heavy atom. The average molecular weight is 258 g/mol. The first-order chi connectivity index (χ1) is 8.81. The first-order valence-corrected chi connectivity index (χ1v) is 6.64. The summed E-state index contributed by atoms with van der Waals surface area (Å²) in [6.45, 7) is 7.01. The second kappa shape index (κ2) is 9.13. The maximum atomic E-state index is 5.53. The van der Waals surface area contributed by atoms with Gasteiger partial charge in [0.1, 0.15) is 0 Å². The summed E-state index contributed by atoms with van der Waals surface area (Å²) in [5.74, 6) is 6.89. The molecule has 1 aliphatic heterocycles. The Labute approximate surface area is 109 Å². The van der Waals surface area contributed by atoms with Gasteiger partial charge in [0.15, 0.2) is 0 Å². The summed E-state index contributed by atoms with van der Waals surface area (Å²) in [7, 11) is 1.74. The van der Waals surface area contributed by atoms with Gasteiger partial charge in [-0.3, -0.25) is 10.4 Å². The number of aliphatic imine (C=N–C) groups is 1. The van der Waals surface area contributed by atoms with Gasteiger partial charge in [-0.05, 0) is 19.8 Å². The summed E-state index contributed by atoms with van der Waals surface area (Å²) in [5, 5.41) is 0. The van der Waals surface area contributed by atoms with Gasteiger partial charge < -0.3 is 14.4 Å². The number of nitrogens with one attached hydrogen (secondary N) is 1. The summed E-state index contributed by atoms with van der Waals surface area (Å²) < 4.78 is 10.5. The fraction of sp³-hybridized carbons (Fsp3) is 0.917. The van der Waals surface area contributed by atoms with Gasteiger partial charge in [0.05, 0.1) is 6.61 Å². The van der Waals surface area contributed by atoms with Crippen LogP contribution in [-0.2, 0) is 9.47 Å². The highest BCUT2D eigenvalue weighted by molar-refractivity contribution is 5.79. The number of hydrazine groups is 1. The van der Waals surface area contributed by atoms with Crippen molar-refractivity contribution in [3.63, 3.8) is 0 Å². The highest BCUT2D eigenvalue weighted by Crippen LogP contribution is 2.16. The summed E-state index contributed by atoms with van der Waals surface area (Å²) >= 11 is 0. The van der Waals surface area contributed by atoms with Crippen LogP contribution in [0.3, 0.4) is 0 Å². The Kier molecular flexibility index (Phi) is 7.71. The quantitative estimate of drug-likeness (QED) is 0.224. The molecule has 0 radical (unpaired) electrons. The maximum Gasteiger partial charge on any atom is 0.208 e. The van der Waals surface area contributed by atoms with Gasteiger partial charge in [-0.25, -0.2) is 5.84 Å². The highest BCUT2D eigenvalue weighted by Gasteiger charge is 2.24. The molecule has 6 nitrogen and oxygen atoms in total. The first-order valence-electron chi connectivity index (χ1n) is 6.64. The van der Waals surface area contributed by atoms with Crippen LogP contribution in [0.1, 0.15) is 19.8 Å². The van der Waals surface area contributed by atoms with Gasteiger partial charge in [-0.2, -0.15) is 0 Å². The predicted octanol–water partition coefficient (Wildman–Crippen LogP) is 0.201. The Morgan fingerprint density at radius 3 is 3.06 bits per heavy atom. The van der Waals surface area contributed by atoms with E-state index in [0.717, 1.165) is 58.3 Å². The Morgan fingerprint density at radius 2 is 2.39 bits per heavy atom. The van der Waals surface area contributed by atoms with Crippen LogP contribution in [0, 0.1) is 5.92 Å². The molecule has 1 saturated heterocycles. The van der Waals surface area contributed by atoms with Crippen molar-refractivity contribution in [3.8, 4) is 0 Å². The molecule has 0 aliphatic carbocycles. The van der Waals surface area contributed by atoms with Crippen LogP contribution < -0.4 is 11.3 Å². The molecule has 0 bridgehead atoms. The monoisotopic (exact) mass is 258 g/mol. The first kappa shape index (κ1) is 15.2. The molecule has 0 spiro atoms. The number of likely N-dealkylation sites (tertiary alicyclic amines) is 1. The number of hydrogen-bond donors (Lipinski definition) is 2. The topological polar surface area (TPSA) is 72.1 Å². The Hall–Kier alpha value is -0.850. The van der Waals surface area contributed by atoms with Crippen molar-refractivity contribution in [1.29, 1.82) is 0 Å². The molecular weight excluding hydrogens is 232 g/mol. The van der Waals surface area contributed by atoms with Gasteiger partial charge >= 0.3 is 0 Å². The lowest BCUT2D eigenvalue weighted by molar-refractivity contribution is 0.146. The van der Waals surface area contributed by atoms with Crippen LogP contribution in [0.4, 0.5) is 0 Å². The largest absolute Gasteiger partial charge is 0.384 e. The summed E-state index contributed by atoms with van der Waals surface area (Å²) in [4.78, 5) is 6.66. The van der Waals surface area contributed by atoms with E-state index in [1.165, 1.54) is 0 Å². The number of methoxy groups -OCH3 is 1. The smallest absolute Gasteiger partial charge is 0.208 e. The van der Waals surface area contributed by atoms with Gasteiger partial charge in [0.25, 0.3) is 0 Å². The van der Waals surface area contributed by atoms with Crippen molar-refractivity contribution in [2.45, 2.75) is 19.8 Å². The van der Waals surface area contributed by atoms with E-state index < -0.39 is 0 Å². The zero-order chi connectivity index (χ0) is 13.2. The molecule has 0 aromatic heterocycles. The molecule has 18 heavy (non-hydrogen) atoms. The molecule has 0 aromatic carbocycles. The molecule has 0 amide bonds. The predicted molar refractivity (Wildman–Crippen MR) is 72.3 cm³/mol. The second-order valence-corrected chi connectivity index (χ2v) is 4.46. The third-order valence-electron chi connectivity index (χ3n) is 3.03. The molecule has 3 N–H and O–H groups in total. The Balaban J connectivity index is 2.29. The third kappa shape index (κ3) is 5.20. The minimum atomic E-state index is 0.581. The van der Waals surface area contributed by atoms with Crippen LogP contribution in [0.15, 0.2) is 4.99 Å². The van der Waals surface area contributed by atoms with E-state index in [1.54, 1.807) is 7.11 Å². The van der Waals surface area contributed by atoms with Crippen molar-refractivity contribution in [2.75, 3.05) is 46.6 Å². The number of nitrogens with two attached hydrogens (primary N) is 1. The normalized spacial score (nSPS) is 20.5. The minimum Gasteiger partial charge on any atom is -0.384 e. The lowest BCUT2D eigenvalue weighted by atomic mass is 10.1. The number of guanidine groups is 1. The number of hydrogen-bond acceptors (Lipinski definition) is 4. The summed E-state index contributed by atoms with van der Waals surface area (Å²) in [6, 6.07) is 0. The van der Waals surface area contributed by atoms with E-state index in [4.69, 9.17) is 15.3 Å². The zero-order valence-electron chi connectivity index (χ0n) is 11.5. The lowest BCUT2D eigenvalue weighted by Crippen LogP contribution is -2.44.